The number of carboxylic acid groups (broad SMARTS) is 1. The molecule has 0 aromatic rings. The van der Waals surface area contributed by atoms with E-state index in [2.05, 4.69) is 15.5 Å². The smallest absolute Gasteiger partial charge is 0.350 e. The molecule has 40 heavy (non-hydrogen) atoms. The quantitative estimate of drug-likeness (QED) is 0.0465. The number of nitrogens with one attached hydrogen (secondary N) is 1. The first-order valence-electron chi connectivity index (χ1n) is 12.0. The molecule has 9 N–H and O–H groups in total. The number of hydrogen-bond donors (Lipinski definition) is 6. The number of ether oxygens (including phenoxy) is 1. The summed E-state index contributed by atoms with van der Waals surface area (Å²) in [6.45, 7) is 2.47. The minimum atomic E-state index is -4.82. The lowest BCUT2D eigenvalue weighted by Gasteiger charge is -2.32. The van der Waals surface area contributed by atoms with Crippen molar-refractivity contribution in [3.8, 4) is 0 Å². The minimum Gasteiger partial charge on any atom is -0.478 e. The normalized spacial score (nSPS) is 30.7. The molecule has 2 amide bonds. The molecule has 18 nitrogen and oxygen atoms in total. The fraction of sp³-hybridized carbons (Fsp3) is 0.650. The summed E-state index contributed by atoms with van der Waals surface area (Å²) in [4.78, 5) is 49.8. The zero-order valence-corrected chi connectivity index (χ0v) is 23.3. The highest BCUT2D eigenvalue weighted by atomic mass is 32.2. The lowest BCUT2D eigenvalue weighted by molar-refractivity contribution is -0.161. The van der Waals surface area contributed by atoms with Crippen molar-refractivity contribution in [1.82, 2.24) is 19.4 Å². The van der Waals surface area contributed by atoms with Gasteiger partial charge in [0.05, 0.1) is 17.8 Å². The van der Waals surface area contributed by atoms with Gasteiger partial charge in [0.15, 0.2) is 17.9 Å². The number of epoxide rings is 1. The van der Waals surface area contributed by atoms with E-state index in [9.17, 15) is 32.5 Å². The Hall–Kier alpha value is -3.17. The highest BCUT2D eigenvalue weighted by molar-refractivity contribution is 8.02. The number of fused-ring (bicyclic) bond motifs is 1. The molecule has 20 heteroatoms. The maximum Gasteiger partial charge on any atom is 0.350 e. The Balaban J connectivity index is 1.61. The van der Waals surface area contributed by atoms with Gasteiger partial charge >= 0.3 is 16.3 Å². The predicted molar refractivity (Wildman–Crippen MR) is 140 cm³/mol. The van der Waals surface area contributed by atoms with Gasteiger partial charge < -0.3 is 47.0 Å². The van der Waals surface area contributed by atoms with Crippen molar-refractivity contribution < 1.29 is 42.0 Å². The van der Waals surface area contributed by atoms with Gasteiger partial charge in [-0.3, -0.25) is 14.1 Å². The molecule has 0 radical (unpaired) electrons. The Labute approximate surface area is 233 Å². The SMILES string of the molecule is CN1C(/C(=N/OC(C)(C)C(=O)O)C(=O)N[C@@H]2C3OC3N(S(=O)(=O)O)[C@@H]2CN2CC[C@H](N=C(N)N)C2=O)=CSC1N. The van der Waals surface area contributed by atoms with Gasteiger partial charge in [0.1, 0.15) is 17.6 Å². The number of aliphatic imine (C=N–C) groups is 1. The maximum atomic E-state index is 13.6. The van der Waals surface area contributed by atoms with E-state index in [4.69, 9.17) is 26.8 Å². The summed E-state index contributed by atoms with van der Waals surface area (Å²) in [5, 5.41) is 17.4. The van der Waals surface area contributed by atoms with E-state index < -0.39 is 69.6 Å². The number of carbonyl (C=O) groups excluding carboxylic acids is 2. The Morgan fingerprint density at radius 1 is 1.35 bits per heavy atom. The zero-order valence-electron chi connectivity index (χ0n) is 21.7. The van der Waals surface area contributed by atoms with Crippen molar-refractivity contribution in [2.45, 2.75) is 61.8 Å². The van der Waals surface area contributed by atoms with E-state index in [1.165, 1.54) is 35.4 Å². The van der Waals surface area contributed by atoms with Crippen LogP contribution in [-0.4, -0.2) is 123 Å². The Morgan fingerprint density at radius 2 is 2.02 bits per heavy atom. The van der Waals surface area contributed by atoms with Gasteiger partial charge in [0.25, 0.3) is 5.91 Å². The van der Waals surface area contributed by atoms with E-state index in [1.54, 1.807) is 12.5 Å². The van der Waals surface area contributed by atoms with Crippen LogP contribution in [0.15, 0.2) is 21.3 Å². The zero-order chi connectivity index (χ0) is 29.7. The fourth-order valence-electron chi connectivity index (χ4n) is 4.54. The highest BCUT2D eigenvalue weighted by Crippen LogP contribution is 2.42. The minimum absolute atomic E-state index is 0.199. The van der Waals surface area contributed by atoms with Crippen LogP contribution >= 0.6 is 11.8 Å². The van der Waals surface area contributed by atoms with Crippen LogP contribution in [0.2, 0.25) is 0 Å². The molecule has 4 heterocycles. The Bertz CT molecular complexity index is 1280. The highest BCUT2D eigenvalue weighted by Gasteiger charge is 2.65. The second kappa shape index (κ2) is 10.7. The summed E-state index contributed by atoms with van der Waals surface area (Å²) in [5.41, 5.74) is 14.3. The number of carbonyl (C=O) groups is 3. The molecular formula is C20H31N9O9S2. The number of hydrogen-bond acceptors (Lipinski definition) is 12. The molecule has 3 fully saturated rings. The van der Waals surface area contributed by atoms with Crippen LogP contribution in [0.25, 0.3) is 0 Å². The second-order valence-electron chi connectivity index (χ2n) is 10.00. The molecule has 222 valence electrons. The van der Waals surface area contributed by atoms with Crippen LogP contribution in [0, 0.1) is 0 Å². The number of guanidine groups is 1. The molecule has 4 aliphatic heterocycles. The van der Waals surface area contributed by atoms with Crippen molar-refractivity contribution in [3.05, 3.63) is 11.1 Å². The summed E-state index contributed by atoms with van der Waals surface area (Å²) in [6, 6.07) is -3.01. The van der Waals surface area contributed by atoms with E-state index in [0.717, 1.165) is 0 Å². The van der Waals surface area contributed by atoms with Crippen molar-refractivity contribution >= 4 is 51.5 Å². The molecular weight excluding hydrogens is 574 g/mol. The molecule has 0 saturated carbocycles. The average Bonchev–Trinajstić information content (AvgIpc) is 3.32. The van der Waals surface area contributed by atoms with Crippen molar-refractivity contribution in [2.75, 3.05) is 20.1 Å². The number of amides is 2. The third-order valence-electron chi connectivity index (χ3n) is 6.81. The number of aliphatic carboxylic acids is 1. The molecule has 0 aliphatic carbocycles. The van der Waals surface area contributed by atoms with Crippen molar-refractivity contribution in [3.63, 3.8) is 0 Å². The van der Waals surface area contributed by atoms with Gasteiger partial charge in [-0.2, -0.15) is 8.42 Å². The van der Waals surface area contributed by atoms with E-state index in [0.29, 0.717) is 4.31 Å². The Kier molecular flexibility index (Phi) is 7.95. The first-order valence-corrected chi connectivity index (χ1v) is 14.3. The number of oxime groups is 1. The average molecular weight is 606 g/mol. The van der Waals surface area contributed by atoms with Crippen LogP contribution in [0.1, 0.15) is 20.3 Å². The number of thioether (sulfide) groups is 1. The third kappa shape index (κ3) is 5.81. The Morgan fingerprint density at radius 3 is 2.58 bits per heavy atom. The predicted octanol–water partition coefficient (Wildman–Crippen LogP) is -3.44. The van der Waals surface area contributed by atoms with Crippen molar-refractivity contribution in [1.29, 1.82) is 0 Å². The van der Waals surface area contributed by atoms with Crippen molar-refractivity contribution in [2.24, 2.45) is 27.3 Å². The number of nitrogens with zero attached hydrogens (tertiary/aromatic N) is 5. The van der Waals surface area contributed by atoms with Crippen LogP contribution < -0.4 is 22.5 Å². The monoisotopic (exact) mass is 605 g/mol. The molecule has 6 atom stereocenters. The molecule has 0 spiro atoms. The van der Waals surface area contributed by atoms with E-state index in [-0.39, 0.29) is 36.9 Å². The summed E-state index contributed by atoms with van der Waals surface area (Å²) < 4.78 is 40.6. The fourth-order valence-corrected chi connectivity index (χ4v) is 6.36. The molecule has 3 saturated heterocycles. The molecule has 4 rings (SSSR count). The van der Waals surface area contributed by atoms with E-state index in [1.807, 2.05) is 0 Å². The lowest BCUT2D eigenvalue weighted by Crippen LogP contribution is -2.57. The molecule has 4 aliphatic rings. The summed E-state index contributed by atoms with van der Waals surface area (Å²) in [6.07, 6.45) is -1.63. The summed E-state index contributed by atoms with van der Waals surface area (Å²) >= 11 is 1.17. The van der Waals surface area contributed by atoms with Crippen LogP contribution in [0.4, 0.5) is 0 Å². The summed E-state index contributed by atoms with van der Waals surface area (Å²) in [5.74, 6) is -2.92. The number of likely N-dealkylation sites (tertiary alicyclic amines) is 1. The van der Waals surface area contributed by atoms with Gasteiger partial charge in [-0.05, 0) is 20.3 Å². The molecule has 0 bridgehead atoms. The van der Waals surface area contributed by atoms with Crippen LogP contribution in [0.5, 0.6) is 0 Å². The largest absolute Gasteiger partial charge is 0.478 e. The van der Waals surface area contributed by atoms with Crippen LogP contribution in [0.3, 0.4) is 0 Å². The van der Waals surface area contributed by atoms with Gasteiger partial charge in [0.2, 0.25) is 11.5 Å². The number of nitrogens with two attached hydrogens (primary N) is 3. The molecule has 0 aromatic carbocycles. The maximum absolute atomic E-state index is 13.6. The van der Waals surface area contributed by atoms with Gasteiger partial charge in [-0.1, -0.05) is 16.9 Å². The number of carboxylic acids is 1. The first kappa shape index (κ1) is 29.8. The summed E-state index contributed by atoms with van der Waals surface area (Å²) in [7, 11) is -3.23. The molecule has 0 aromatic heterocycles. The van der Waals surface area contributed by atoms with Gasteiger partial charge in [-0.25, -0.2) is 9.79 Å². The number of rotatable bonds is 10. The second-order valence-corrected chi connectivity index (χ2v) is 12.3. The standard InChI is InChI=1S/C20H31N9O9S2/c1-20(2,17(32)33)38-26-12(10-7-39-19(23)27(10)3)14(30)25-11-9(29(40(34,35)36)16-13(11)37-16)6-28-5-4-8(15(28)31)24-18(21)22/h7-9,11,13,16,19H,4-6,23H2,1-3H3,(H,25,30)(H,32,33)(H4,21,22,24)(H,34,35,36)/b26-12-/t8-,9+,11-,13?,16?,19?/m0/s1. The van der Waals surface area contributed by atoms with Gasteiger partial charge in [-0.15, -0.1) is 4.31 Å². The first-order chi connectivity index (χ1) is 18.5. The molecule has 3 unspecified atom stereocenters. The van der Waals surface area contributed by atoms with E-state index >= 15 is 0 Å². The lowest BCUT2D eigenvalue weighted by atomic mass is 10.1. The third-order valence-corrected chi connectivity index (χ3v) is 8.78. The topological polar surface area (TPSA) is 272 Å². The van der Waals surface area contributed by atoms with Gasteiger partial charge in [0, 0.05) is 25.5 Å². The van der Waals surface area contributed by atoms with Crippen LogP contribution in [-0.2, 0) is 34.3 Å².